The Balaban J connectivity index is 1.39. The lowest BCUT2D eigenvalue weighted by Gasteiger charge is -2.36. The van der Waals surface area contributed by atoms with Crippen molar-refractivity contribution in [1.82, 2.24) is 9.97 Å². The zero-order chi connectivity index (χ0) is 16.4. The molecule has 1 aliphatic carbocycles. The van der Waals surface area contributed by atoms with Crippen LogP contribution in [0.4, 0.5) is 17.3 Å². The molecule has 2 fully saturated rings. The normalized spacial score (nSPS) is 17.7. The molecule has 1 saturated carbocycles. The molecule has 2 heterocycles. The van der Waals surface area contributed by atoms with Crippen molar-refractivity contribution in [3.05, 3.63) is 42.7 Å². The SMILES string of the molecule is O=C(Nc1cc(N2CCN(c3ccccc3)CC2)ncn1)C1CC1. The van der Waals surface area contributed by atoms with Crippen LogP contribution in [0.2, 0.25) is 0 Å². The predicted molar refractivity (Wildman–Crippen MR) is 94.3 cm³/mol. The van der Waals surface area contributed by atoms with Gasteiger partial charge in [0.15, 0.2) is 0 Å². The summed E-state index contributed by atoms with van der Waals surface area (Å²) >= 11 is 0. The Kier molecular flexibility index (Phi) is 4.02. The van der Waals surface area contributed by atoms with Crippen molar-refractivity contribution in [3.8, 4) is 0 Å². The van der Waals surface area contributed by atoms with Crippen LogP contribution in [0, 0.1) is 5.92 Å². The molecule has 0 bridgehead atoms. The monoisotopic (exact) mass is 323 g/mol. The summed E-state index contributed by atoms with van der Waals surface area (Å²) < 4.78 is 0. The summed E-state index contributed by atoms with van der Waals surface area (Å²) in [4.78, 5) is 25.0. The van der Waals surface area contributed by atoms with E-state index < -0.39 is 0 Å². The van der Waals surface area contributed by atoms with Crippen LogP contribution in [0.3, 0.4) is 0 Å². The highest BCUT2D eigenvalue weighted by Gasteiger charge is 2.30. The summed E-state index contributed by atoms with van der Waals surface area (Å²) in [6, 6.07) is 12.3. The Morgan fingerprint density at radius 1 is 1.00 bits per heavy atom. The second-order valence-electron chi connectivity index (χ2n) is 6.33. The molecule has 6 heteroatoms. The molecule has 1 amide bonds. The Hall–Kier alpha value is -2.63. The molecule has 0 spiro atoms. The van der Waals surface area contributed by atoms with E-state index in [1.165, 1.54) is 12.0 Å². The second-order valence-corrected chi connectivity index (χ2v) is 6.33. The van der Waals surface area contributed by atoms with Gasteiger partial charge in [0.25, 0.3) is 0 Å². The van der Waals surface area contributed by atoms with Crippen LogP contribution in [-0.4, -0.2) is 42.1 Å². The van der Waals surface area contributed by atoms with E-state index in [9.17, 15) is 4.79 Å². The van der Waals surface area contributed by atoms with Crippen molar-refractivity contribution in [3.63, 3.8) is 0 Å². The number of para-hydroxylation sites is 1. The van der Waals surface area contributed by atoms with E-state index in [4.69, 9.17) is 0 Å². The van der Waals surface area contributed by atoms with E-state index in [2.05, 4.69) is 49.4 Å². The maximum absolute atomic E-state index is 11.9. The van der Waals surface area contributed by atoms with Gasteiger partial charge in [0.2, 0.25) is 5.91 Å². The van der Waals surface area contributed by atoms with Crippen LogP contribution in [0.5, 0.6) is 0 Å². The van der Waals surface area contributed by atoms with Crippen LogP contribution in [0.1, 0.15) is 12.8 Å². The summed E-state index contributed by atoms with van der Waals surface area (Å²) in [5.74, 6) is 1.73. The first kappa shape index (κ1) is 14.9. The number of nitrogens with zero attached hydrogens (tertiary/aromatic N) is 4. The number of piperazine rings is 1. The average Bonchev–Trinajstić information content (AvgIpc) is 3.48. The highest BCUT2D eigenvalue weighted by molar-refractivity contribution is 5.93. The van der Waals surface area contributed by atoms with Crippen LogP contribution in [0.15, 0.2) is 42.7 Å². The molecular formula is C18H21N5O. The molecule has 4 rings (SSSR count). The number of amides is 1. The lowest BCUT2D eigenvalue weighted by atomic mass is 10.2. The Labute approximate surface area is 141 Å². The highest BCUT2D eigenvalue weighted by atomic mass is 16.2. The topological polar surface area (TPSA) is 61.4 Å². The highest BCUT2D eigenvalue weighted by Crippen LogP contribution is 2.30. The molecule has 6 nitrogen and oxygen atoms in total. The van der Waals surface area contributed by atoms with Gasteiger partial charge in [-0.25, -0.2) is 9.97 Å². The summed E-state index contributed by atoms with van der Waals surface area (Å²) in [6.07, 6.45) is 3.51. The first-order chi connectivity index (χ1) is 11.8. The predicted octanol–water partition coefficient (Wildman–Crippen LogP) is 2.15. The quantitative estimate of drug-likeness (QED) is 0.934. The molecule has 2 aliphatic rings. The molecule has 0 radical (unpaired) electrons. The molecule has 1 N–H and O–H groups in total. The number of carbonyl (C=O) groups excluding carboxylic acids is 1. The van der Waals surface area contributed by atoms with Crippen LogP contribution in [-0.2, 0) is 4.79 Å². The lowest BCUT2D eigenvalue weighted by molar-refractivity contribution is -0.117. The summed E-state index contributed by atoms with van der Waals surface area (Å²) in [5, 5.41) is 2.89. The number of benzene rings is 1. The first-order valence-corrected chi connectivity index (χ1v) is 8.47. The number of rotatable bonds is 4. The lowest BCUT2D eigenvalue weighted by Crippen LogP contribution is -2.46. The smallest absolute Gasteiger partial charge is 0.228 e. The van der Waals surface area contributed by atoms with Crippen LogP contribution in [0.25, 0.3) is 0 Å². The molecule has 24 heavy (non-hydrogen) atoms. The second kappa shape index (κ2) is 6.47. The number of anilines is 3. The zero-order valence-electron chi connectivity index (χ0n) is 13.6. The van der Waals surface area contributed by atoms with E-state index >= 15 is 0 Å². The number of aromatic nitrogens is 2. The van der Waals surface area contributed by atoms with Crippen molar-refractivity contribution in [2.24, 2.45) is 5.92 Å². The number of carbonyl (C=O) groups is 1. The van der Waals surface area contributed by atoms with Gasteiger partial charge < -0.3 is 15.1 Å². The zero-order valence-corrected chi connectivity index (χ0v) is 13.6. The molecule has 0 unspecified atom stereocenters. The summed E-state index contributed by atoms with van der Waals surface area (Å²) in [7, 11) is 0. The molecule has 1 aromatic heterocycles. The minimum atomic E-state index is 0.0774. The number of hydrogen-bond acceptors (Lipinski definition) is 5. The van der Waals surface area contributed by atoms with Gasteiger partial charge in [0, 0.05) is 43.9 Å². The first-order valence-electron chi connectivity index (χ1n) is 8.47. The van der Waals surface area contributed by atoms with Gasteiger partial charge in [0.05, 0.1) is 0 Å². The van der Waals surface area contributed by atoms with Crippen molar-refractivity contribution in [2.45, 2.75) is 12.8 Å². The Morgan fingerprint density at radius 2 is 1.71 bits per heavy atom. The minimum absolute atomic E-state index is 0.0774. The van der Waals surface area contributed by atoms with E-state index in [1.54, 1.807) is 0 Å². The third-order valence-electron chi connectivity index (χ3n) is 4.58. The third kappa shape index (κ3) is 3.32. The Bertz CT molecular complexity index is 708. The van der Waals surface area contributed by atoms with E-state index in [0.29, 0.717) is 5.82 Å². The maximum Gasteiger partial charge on any atom is 0.228 e. The van der Waals surface area contributed by atoms with Crippen molar-refractivity contribution < 1.29 is 4.79 Å². The fraction of sp³-hybridized carbons (Fsp3) is 0.389. The van der Waals surface area contributed by atoms with E-state index in [1.807, 2.05) is 12.1 Å². The third-order valence-corrected chi connectivity index (χ3v) is 4.58. The van der Waals surface area contributed by atoms with Gasteiger partial charge >= 0.3 is 0 Å². The maximum atomic E-state index is 11.9. The fourth-order valence-corrected chi connectivity index (χ4v) is 2.99. The Morgan fingerprint density at radius 3 is 2.42 bits per heavy atom. The summed E-state index contributed by atoms with van der Waals surface area (Å²) in [6.45, 7) is 3.72. The number of hydrogen-bond donors (Lipinski definition) is 1. The van der Waals surface area contributed by atoms with Crippen LogP contribution >= 0.6 is 0 Å². The average molecular weight is 323 g/mol. The number of nitrogens with one attached hydrogen (secondary N) is 1. The van der Waals surface area contributed by atoms with Gasteiger partial charge in [-0.1, -0.05) is 18.2 Å². The fourth-order valence-electron chi connectivity index (χ4n) is 2.99. The molecule has 1 aliphatic heterocycles. The van der Waals surface area contributed by atoms with Gasteiger partial charge in [0.1, 0.15) is 18.0 Å². The van der Waals surface area contributed by atoms with Crippen molar-refractivity contribution >= 4 is 23.2 Å². The van der Waals surface area contributed by atoms with E-state index in [0.717, 1.165) is 44.8 Å². The molecular weight excluding hydrogens is 302 g/mol. The van der Waals surface area contributed by atoms with Gasteiger partial charge in [-0.05, 0) is 25.0 Å². The summed E-state index contributed by atoms with van der Waals surface area (Å²) in [5.41, 5.74) is 1.26. The molecule has 1 aromatic carbocycles. The molecule has 2 aromatic rings. The minimum Gasteiger partial charge on any atom is -0.368 e. The molecule has 124 valence electrons. The van der Waals surface area contributed by atoms with Gasteiger partial charge in [-0.15, -0.1) is 0 Å². The molecule has 0 atom stereocenters. The van der Waals surface area contributed by atoms with Crippen molar-refractivity contribution in [2.75, 3.05) is 41.3 Å². The molecule has 1 saturated heterocycles. The van der Waals surface area contributed by atoms with Gasteiger partial charge in [-0.3, -0.25) is 4.79 Å². The van der Waals surface area contributed by atoms with E-state index in [-0.39, 0.29) is 11.8 Å². The standard InChI is InChI=1S/C18H21N5O/c24-18(14-6-7-14)21-16-12-17(20-13-19-16)23-10-8-22(9-11-23)15-4-2-1-3-5-15/h1-5,12-14H,6-11H2,(H,19,20,21,24). The van der Waals surface area contributed by atoms with Gasteiger partial charge in [-0.2, -0.15) is 0 Å². The van der Waals surface area contributed by atoms with Crippen LogP contribution < -0.4 is 15.1 Å². The van der Waals surface area contributed by atoms with Crippen molar-refractivity contribution in [1.29, 1.82) is 0 Å². The largest absolute Gasteiger partial charge is 0.368 e.